The predicted molar refractivity (Wildman–Crippen MR) is 83.0 cm³/mol. The highest BCUT2D eigenvalue weighted by Crippen LogP contribution is 2.59. The second-order valence-corrected chi connectivity index (χ2v) is 7.11. The molecule has 2 nitrogen and oxygen atoms in total. The Balaban J connectivity index is 1.78. The van der Waals surface area contributed by atoms with E-state index in [9.17, 15) is 0 Å². The van der Waals surface area contributed by atoms with Gasteiger partial charge in [0.05, 0.1) is 7.11 Å². The number of hydrogen-bond donors (Lipinski definition) is 1. The zero-order valence-corrected chi connectivity index (χ0v) is 12.9. The number of rotatable bonds is 2. The van der Waals surface area contributed by atoms with Crippen LogP contribution in [0.25, 0.3) is 0 Å². The van der Waals surface area contributed by atoms with Crippen LogP contribution in [0.15, 0.2) is 18.2 Å². The van der Waals surface area contributed by atoms with Crippen LogP contribution in [0.1, 0.15) is 62.5 Å². The highest BCUT2D eigenvalue weighted by Gasteiger charge is 2.52. The van der Waals surface area contributed by atoms with Crippen LogP contribution in [-0.2, 0) is 5.54 Å². The van der Waals surface area contributed by atoms with Gasteiger partial charge in [0.25, 0.3) is 0 Å². The first-order valence-corrected chi connectivity index (χ1v) is 8.01. The van der Waals surface area contributed by atoms with Crippen LogP contribution in [-0.4, -0.2) is 7.11 Å². The third kappa shape index (κ3) is 2.35. The van der Waals surface area contributed by atoms with Gasteiger partial charge in [0.2, 0.25) is 0 Å². The summed E-state index contributed by atoms with van der Waals surface area (Å²) in [6.45, 7) is 2.08. The van der Waals surface area contributed by atoms with Crippen LogP contribution in [0.3, 0.4) is 0 Å². The molecule has 1 aromatic carbocycles. The van der Waals surface area contributed by atoms with E-state index < -0.39 is 0 Å². The predicted octanol–water partition coefficient (Wildman–Crippen LogP) is 4.29. The molecule has 0 atom stereocenters. The number of methoxy groups -OCH3 is 1. The number of ether oxygens (including phenoxy) is 1. The monoisotopic (exact) mass is 273 g/mol. The minimum absolute atomic E-state index is 0.120. The van der Waals surface area contributed by atoms with Crippen LogP contribution in [0.5, 0.6) is 5.75 Å². The summed E-state index contributed by atoms with van der Waals surface area (Å²) in [6.07, 6.45) is 10.7. The molecule has 0 heterocycles. The van der Waals surface area contributed by atoms with Gasteiger partial charge in [-0.25, -0.2) is 0 Å². The van der Waals surface area contributed by atoms with Crippen LogP contribution in [0.2, 0.25) is 0 Å². The summed E-state index contributed by atoms with van der Waals surface area (Å²) < 4.78 is 5.45. The van der Waals surface area contributed by atoms with Gasteiger partial charge in [0.1, 0.15) is 5.75 Å². The number of aryl methyl sites for hydroxylation is 1. The number of nitrogens with two attached hydrogens (primary N) is 1. The molecule has 2 aliphatic rings. The fourth-order valence-corrected chi connectivity index (χ4v) is 4.45. The Kier molecular flexibility index (Phi) is 3.53. The minimum Gasteiger partial charge on any atom is -0.496 e. The van der Waals surface area contributed by atoms with E-state index in [1.54, 1.807) is 7.11 Å². The summed E-state index contributed by atoms with van der Waals surface area (Å²) in [6, 6.07) is 6.49. The van der Waals surface area contributed by atoms with E-state index in [1.807, 2.05) is 0 Å². The van der Waals surface area contributed by atoms with Crippen LogP contribution in [0, 0.1) is 12.3 Å². The topological polar surface area (TPSA) is 35.2 Å². The first-order chi connectivity index (χ1) is 9.57. The Morgan fingerprint density at radius 3 is 2.30 bits per heavy atom. The summed E-state index contributed by atoms with van der Waals surface area (Å²) in [5, 5.41) is 0. The van der Waals surface area contributed by atoms with E-state index in [4.69, 9.17) is 10.5 Å². The first-order valence-electron chi connectivity index (χ1n) is 8.01. The van der Waals surface area contributed by atoms with Crippen molar-refractivity contribution in [2.75, 3.05) is 7.11 Å². The van der Waals surface area contributed by atoms with Crippen molar-refractivity contribution < 1.29 is 4.74 Å². The van der Waals surface area contributed by atoms with Gasteiger partial charge in [-0.05, 0) is 55.2 Å². The smallest absolute Gasteiger partial charge is 0.122 e. The Morgan fingerprint density at radius 1 is 1.05 bits per heavy atom. The Bertz CT molecular complexity index is 478. The fourth-order valence-electron chi connectivity index (χ4n) is 4.45. The highest BCUT2D eigenvalue weighted by molar-refractivity contribution is 5.41. The zero-order valence-electron chi connectivity index (χ0n) is 12.9. The molecule has 2 aliphatic carbocycles. The summed E-state index contributed by atoms with van der Waals surface area (Å²) in [5.41, 5.74) is 9.57. The Morgan fingerprint density at radius 2 is 1.70 bits per heavy atom. The van der Waals surface area contributed by atoms with Crippen LogP contribution < -0.4 is 10.5 Å². The Hall–Kier alpha value is -1.02. The molecular formula is C18H27NO. The molecule has 0 unspecified atom stereocenters. The lowest BCUT2D eigenvalue weighted by molar-refractivity contribution is 0.00953. The zero-order chi connectivity index (χ0) is 14.2. The molecule has 2 N–H and O–H groups in total. The van der Waals surface area contributed by atoms with E-state index in [0.29, 0.717) is 5.41 Å². The third-order valence-electron chi connectivity index (χ3n) is 5.53. The molecule has 20 heavy (non-hydrogen) atoms. The molecule has 2 saturated carbocycles. The molecule has 0 bridgehead atoms. The lowest BCUT2D eigenvalue weighted by Gasteiger charge is -2.55. The standard InChI is InChI=1S/C18H27NO/c1-14-7-8-15(11-16(14)20-2)18(19)12-17(13-18)9-5-3-4-6-10-17/h7-8,11H,3-6,9-10,12-13,19H2,1-2H3. The van der Waals surface area contributed by atoms with Crippen molar-refractivity contribution in [3.63, 3.8) is 0 Å². The lowest BCUT2D eigenvalue weighted by atomic mass is 9.52. The first kappa shape index (κ1) is 13.9. The maximum atomic E-state index is 6.70. The summed E-state index contributed by atoms with van der Waals surface area (Å²) >= 11 is 0. The fraction of sp³-hybridized carbons (Fsp3) is 0.667. The average Bonchev–Trinajstić information content (AvgIpc) is 2.64. The molecule has 2 fully saturated rings. The molecule has 0 aromatic heterocycles. The number of hydrogen-bond acceptors (Lipinski definition) is 2. The average molecular weight is 273 g/mol. The quantitative estimate of drug-likeness (QED) is 0.872. The van der Waals surface area contributed by atoms with E-state index in [1.165, 1.54) is 49.7 Å². The van der Waals surface area contributed by atoms with Crippen molar-refractivity contribution in [2.45, 2.75) is 63.8 Å². The van der Waals surface area contributed by atoms with Crippen LogP contribution in [0.4, 0.5) is 0 Å². The second kappa shape index (κ2) is 5.07. The molecule has 0 amide bonds. The molecule has 3 rings (SSSR count). The summed E-state index contributed by atoms with van der Waals surface area (Å²) in [7, 11) is 1.74. The van der Waals surface area contributed by atoms with Crippen molar-refractivity contribution in [1.29, 1.82) is 0 Å². The molecule has 1 aromatic rings. The van der Waals surface area contributed by atoms with E-state index in [0.717, 1.165) is 18.6 Å². The van der Waals surface area contributed by atoms with Gasteiger partial charge in [0, 0.05) is 5.54 Å². The molecule has 0 saturated heterocycles. The van der Waals surface area contributed by atoms with Gasteiger partial charge < -0.3 is 10.5 Å². The van der Waals surface area contributed by atoms with E-state index in [2.05, 4.69) is 25.1 Å². The van der Waals surface area contributed by atoms with Gasteiger partial charge in [0.15, 0.2) is 0 Å². The molecule has 2 heteroatoms. The lowest BCUT2D eigenvalue weighted by Crippen LogP contribution is -2.55. The molecule has 1 spiro atoms. The van der Waals surface area contributed by atoms with E-state index >= 15 is 0 Å². The second-order valence-electron chi connectivity index (χ2n) is 7.11. The van der Waals surface area contributed by atoms with Gasteiger partial charge >= 0.3 is 0 Å². The van der Waals surface area contributed by atoms with Crippen molar-refractivity contribution in [3.05, 3.63) is 29.3 Å². The highest BCUT2D eigenvalue weighted by atomic mass is 16.5. The normalized spacial score (nSPS) is 23.9. The van der Waals surface area contributed by atoms with Gasteiger partial charge in [-0.3, -0.25) is 0 Å². The summed E-state index contributed by atoms with van der Waals surface area (Å²) in [5.74, 6) is 0.967. The van der Waals surface area contributed by atoms with Gasteiger partial charge in [-0.2, -0.15) is 0 Å². The largest absolute Gasteiger partial charge is 0.496 e. The summed E-state index contributed by atoms with van der Waals surface area (Å²) in [4.78, 5) is 0. The molecular weight excluding hydrogens is 246 g/mol. The Labute approximate surface area is 122 Å². The van der Waals surface area contributed by atoms with Crippen molar-refractivity contribution in [2.24, 2.45) is 11.1 Å². The van der Waals surface area contributed by atoms with Crippen molar-refractivity contribution in [1.82, 2.24) is 0 Å². The SMILES string of the molecule is COc1cc(C2(N)CC3(CCCCCC3)C2)ccc1C. The minimum atomic E-state index is -0.120. The molecule has 0 radical (unpaired) electrons. The van der Waals surface area contributed by atoms with Gasteiger partial charge in [-0.15, -0.1) is 0 Å². The molecule has 0 aliphatic heterocycles. The van der Waals surface area contributed by atoms with Crippen molar-refractivity contribution in [3.8, 4) is 5.75 Å². The maximum absolute atomic E-state index is 6.70. The van der Waals surface area contributed by atoms with Crippen molar-refractivity contribution >= 4 is 0 Å². The van der Waals surface area contributed by atoms with Gasteiger partial charge in [-0.1, -0.05) is 37.8 Å². The van der Waals surface area contributed by atoms with E-state index in [-0.39, 0.29) is 5.54 Å². The maximum Gasteiger partial charge on any atom is 0.122 e. The number of benzene rings is 1. The van der Waals surface area contributed by atoms with Crippen LogP contribution >= 0.6 is 0 Å². The third-order valence-corrected chi connectivity index (χ3v) is 5.53. The molecule has 110 valence electrons.